The fourth-order valence-corrected chi connectivity index (χ4v) is 2.57. The molecule has 27 heavy (non-hydrogen) atoms. The Hall–Kier alpha value is -3.61. The van der Waals surface area contributed by atoms with Crippen LogP contribution in [0.2, 0.25) is 0 Å². The molecule has 0 bridgehead atoms. The number of aromatic amines is 1. The molecule has 0 aliphatic rings. The average molecular weight is 365 g/mol. The van der Waals surface area contributed by atoms with E-state index in [9.17, 15) is 14.4 Å². The molecule has 0 atom stereocenters. The molecule has 0 saturated heterocycles. The summed E-state index contributed by atoms with van der Waals surface area (Å²) in [6, 6.07) is 13.6. The topological polar surface area (TPSA) is 100 Å². The van der Waals surface area contributed by atoms with Crippen LogP contribution in [-0.2, 0) is 4.79 Å². The molecule has 7 heteroatoms. The van der Waals surface area contributed by atoms with Gasteiger partial charge in [-0.25, -0.2) is 0 Å². The Labute approximate surface area is 155 Å². The van der Waals surface area contributed by atoms with Gasteiger partial charge in [0.15, 0.2) is 6.61 Å². The van der Waals surface area contributed by atoms with Crippen molar-refractivity contribution in [1.82, 2.24) is 15.8 Å². The molecule has 2 aromatic carbocycles. The minimum absolute atomic E-state index is 0.171. The highest BCUT2D eigenvalue weighted by molar-refractivity contribution is 6.06. The largest absolute Gasteiger partial charge is 0.484 e. The van der Waals surface area contributed by atoms with Gasteiger partial charge in [-0.15, -0.1) is 0 Å². The van der Waals surface area contributed by atoms with E-state index in [1.165, 1.54) is 6.07 Å². The summed E-state index contributed by atoms with van der Waals surface area (Å²) in [5, 5.41) is 0.579. The first-order chi connectivity index (χ1) is 12.9. The number of amides is 2. The number of nitrogens with one attached hydrogen (secondary N) is 3. The average Bonchev–Trinajstić information content (AvgIpc) is 2.66. The third-order valence-corrected chi connectivity index (χ3v) is 4.16. The van der Waals surface area contributed by atoms with Gasteiger partial charge in [0.25, 0.3) is 11.8 Å². The number of benzene rings is 2. The number of ether oxygens (including phenoxy) is 1. The molecule has 3 aromatic rings. The summed E-state index contributed by atoms with van der Waals surface area (Å²) in [6.07, 6.45) is 0. The van der Waals surface area contributed by atoms with Crippen LogP contribution < -0.4 is 21.1 Å². The Bertz CT molecular complexity index is 1070. The van der Waals surface area contributed by atoms with Crippen LogP contribution in [0.25, 0.3) is 10.9 Å². The first kappa shape index (κ1) is 18.2. The number of H-pyrrole nitrogens is 1. The Morgan fingerprint density at radius 1 is 1.00 bits per heavy atom. The van der Waals surface area contributed by atoms with Gasteiger partial charge in [0.05, 0.1) is 5.56 Å². The van der Waals surface area contributed by atoms with E-state index in [0.29, 0.717) is 16.7 Å². The minimum Gasteiger partial charge on any atom is -0.484 e. The van der Waals surface area contributed by atoms with Crippen molar-refractivity contribution in [3.63, 3.8) is 0 Å². The molecular weight excluding hydrogens is 346 g/mol. The number of hydrogen-bond donors (Lipinski definition) is 3. The molecule has 3 N–H and O–H groups in total. The zero-order chi connectivity index (χ0) is 19.4. The second kappa shape index (κ2) is 7.74. The third-order valence-electron chi connectivity index (χ3n) is 4.16. The van der Waals surface area contributed by atoms with Crippen LogP contribution >= 0.6 is 0 Å². The van der Waals surface area contributed by atoms with Gasteiger partial charge < -0.3 is 9.72 Å². The molecule has 2 amide bonds. The number of hydrogen-bond acceptors (Lipinski definition) is 4. The molecule has 138 valence electrons. The Morgan fingerprint density at radius 3 is 2.56 bits per heavy atom. The van der Waals surface area contributed by atoms with Gasteiger partial charge in [-0.05, 0) is 43.2 Å². The van der Waals surface area contributed by atoms with Gasteiger partial charge in [0, 0.05) is 17.0 Å². The predicted molar refractivity (Wildman–Crippen MR) is 102 cm³/mol. The summed E-state index contributed by atoms with van der Waals surface area (Å²) >= 11 is 0. The van der Waals surface area contributed by atoms with E-state index >= 15 is 0 Å². The molecule has 0 spiro atoms. The van der Waals surface area contributed by atoms with E-state index in [1.54, 1.807) is 30.3 Å². The van der Waals surface area contributed by atoms with Gasteiger partial charge in [-0.1, -0.05) is 24.3 Å². The summed E-state index contributed by atoms with van der Waals surface area (Å²) in [4.78, 5) is 38.6. The molecule has 0 saturated carbocycles. The van der Waals surface area contributed by atoms with E-state index in [4.69, 9.17) is 4.74 Å². The zero-order valence-corrected chi connectivity index (χ0v) is 15.0. The second-order valence-electron chi connectivity index (χ2n) is 6.13. The van der Waals surface area contributed by atoms with Gasteiger partial charge >= 0.3 is 0 Å². The van der Waals surface area contributed by atoms with E-state index < -0.39 is 17.4 Å². The van der Waals surface area contributed by atoms with E-state index in [2.05, 4.69) is 15.8 Å². The monoisotopic (exact) mass is 365 g/mol. The van der Waals surface area contributed by atoms with E-state index in [1.807, 2.05) is 26.0 Å². The fraction of sp³-hybridized carbons (Fsp3) is 0.150. The lowest BCUT2D eigenvalue weighted by Gasteiger charge is -2.11. The molecule has 1 heterocycles. The van der Waals surface area contributed by atoms with Crippen LogP contribution in [0.15, 0.2) is 53.3 Å². The highest BCUT2D eigenvalue weighted by Gasteiger charge is 2.12. The molecule has 1 aromatic heterocycles. The summed E-state index contributed by atoms with van der Waals surface area (Å²) in [5.74, 6) is -0.535. The second-order valence-corrected chi connectivity index (χ2v) is 6.13. The van der Waals surface area contributed by atoms with Crippen LogP contribution in [0, 0.1) is 13.8 Å². The molecule has 0 fully saturated rings. The van der Waals surface area contributed by atoms with Crippen molar-refractivity contribution in [1.29, 1.82) is 0 Å². The molecular formula is C20H19N3O4. The van der Waals surface area contributed by atoms with Crippen molar-refractivity contribution in [3.05, 3.63) is 75.6 Å². The van der Waals surface area contributed by atoms with E-state index in [-0.39, 0.29) is 12.2 Å². The number of rotatable bonds is 4. The van der Waals surface area contributed by atoms with Gasteiger partial charge in [-0.2, -0.15) is 0 Å². The van der Waals surface area contributed by atoms with Crippen molar-refractivity contribution in [3.8, 4) is 5.75 Å². The predicted octanol–water partition coefficient (Wildman–Crippen LogP) is 1.98. The number of aromatic nitrogens is 1. The summed E-state index contributed by atoms with van der Waals surface area (Å²) in [7, 11) is 0. The molecule has 0 aliphatic carbocycles. The quantitative estimate of drug-likeness (QED) is 0.616. The Balaban J connectivity index is 1.61. The maximum absolute atomic E-state index is 12.4. The van der Waals surface area contributed by atoms with Gasteiger partial charge in [0.1, 0.15) is 5.75 Å². The normalized spacial score (nSPS) is 10.4. The number of carbonyl (C=O) groups is 2. The van der Waals surface area contributed by atoms with Crippen LogP contribution in [0.1, 0.15) is 21.5 Å². The van der Waals surface area contributed by atoms with Crippen LogP contribution in [0.3, 0.4) is 0 Å². The zero-order valence-electron chi connectivity index (χ0n) is 15.0. The first-order valence-electron chi connectivity index (χ1n) is 8.35. The summed E-state index contributed by atoms with van der Waals surface area (Å²) < 4.78 is 5.41. The lowest BCUT2D eigenvalue weighted by molar-refractivity contribution is -0.123. The van der Waals surface area contributed by atoms with Crippen molar-refractivity contribution in [2.24, 2.45) is 0 Å². The number of hydrazine groups is 1. The van der Waals surface area contributed by atoms with Crippen molar-refractivity contribution >= 4 is 22.7 Å². The minimum atomic E-state index is -0.586. The smallest absolute Gasteiger partial charge is 0.276 e. The lowest BCUT2D eigenvalue weighted by Crippen LogP contribution is -2.44. The first-order valence-corrected chi connectivity index (χ1v) is 8.35. The number of pyridine rings is 1. The molecule has 0 unspecified atom stereocenters. The van der Waals surface area contributed by atoms with Gasteiger partial charge in [0.2, 0.25) is 5.56 Å². The van der Waals surface area contributed by atoms with E-state index in [0.717, 1.165) is 11.1 Å². The van der Waals surface area contributed by atoms with Crippen molar-refractivity contribution in [2.45, 2.75) is 13.8 Å². The lowest BCUT2D eigenvalue weighted by atomic mass is 10.1. The summed E-state index contributed by atoms with van der Waals surface area (Å²) in [5.41, 5.74) is 7.09. The Kier molecular flexibility index (Phi) is 5.21. The van der Waals surface area contributed by atoms with Crippen LogP contribution in [0.5, 0.6) is 5.75 Å². The molecule has 3 rings (SSSR count). The standard InChI is InChI=1S/C20H19N3O4/c1-12-7-8-14(9-13(12)2)27-11-19(25)22-23-20(26)16-10-18(24)21-17-6-4-3-5-15(16)17/h3-10H,11H2,1-2H3,(H,21,24)(H,22,25)(H,23,26). The molecule has 0 radical (unpaired) electrons. The molecule has 7 nitrogen and oxygen atoms in total. The van der Waals surface area contributed by atoms with Crippen LogP contribution in [-0.4, -0.2) is 23.4 Å². The van der Waals surface area contributed by atoms with Crippen LogP contribution in [0.4, 0.5) is 0 Å². The van der Waals surface area contributed by atoms with Crippen molar-refractivity contribution in [2.75, 3.05) is 6.61 Å². The van der Waals surface area contributed by atoms with Gasteiger partial charge in [-0.3, -0.25) is 25.2 Å². The fourth-order valence-electron chi connectivity index (χ4n) is 2.57. The summed E-state index contributed by atoms with van der Waals surface area (Å²) in [6.45, 7) is 3.69. The number of aryl methyl sites for hydroxylation is 2. The number of fused-ring (bicyclic) bond motifs is 1. The van der Waals surface area contributed by atoms with Crippen molar-refractivity contribution < 1.29 is 14.3 Å². The SMILES string of the molecule is Cc1ccc(OCC(=O)NNC(=O)c2cc(=O)[nH]c3ccccc23)cc1C. The highest BCUT2D eigenvalue weighted by atomic mass is 16.5. The molecule has 0 aliphatic heterocycles. The third kappa shape index (κ3) is 4.33. The number of carbonyl (C=O) groups excluding carboxylic acids is 2. The maximum Gasteiger partial charge on any atom is 0.276 e. The number of para-hydroxylation sites is 1. The highest BCUT2D eigenvalue weighted by Crippen LogP contribution is 2.16. The maximum atomic E-state index is 12.4. The Morgan fingerprint density at radius 2 is 1.78 bits per heavy atom.